The number of nitrogens with zero attached hydrogens (tertiary/aromatic N) is 3. The zero-order chi connectivity index (χ0) is 18.7. The van der Waals surface area contributed by atoms with E-state index < -0.39 is 5.97 Å². The number of amides is 1. The first-order chi connectivity index (χ1) is 12.5. The molecule has 6 heteroatoms. The average molecular weight is 355 g/mol. The lowest BCUT2D eigenvalue weighted by Crippen LogP contribution is -2.40. The molecule has 0 saturated heterocycles. The fourth-order valence-electron chi connectivity index (χ4n) is 3.34. The summed E-state index contributed by atoms with van der Waals surface area (Å²) in [6.45, 7) is 3.55. The number of esters is 1. The van der Waals surface area contributed by atoms with Crippen molar-refractivity contribution in [2.75, 3.05) is 13.7 Å². The van der Waals surface area contributed by atoms with Gasteiger partial charge in [0.05, 0.1) is 28.0 Å². The predicted octanol–water partition coefficient (Wildman–Crippen LogP) is 3.19. The highest BCUT2D eigenvalue weighted by atomic mass is 16.5. The third-order valence-corrected chi connectivity index (χ3v) is 5.15. The zero-order valence-electron chi connectivity index (χ0n) is 15.6. The average Bonchev–Trinajstić information content (AvgIpc) is 2.66. The Morgan fingerprint density at radius 3 is 2.42 bits per heavy atom. The number of benzene rings is 1. The van der Waals surface area contributed by atoms with Crippen molar-refractivity contribution in [3.05, 3.63) is 35.2 Å². The second-order valence-electron chi connectivity index (χ2n) is 6.97. The Morgan fingerprint density at radius 2 is 1.73 bits per heavy atom. The standard InChI is InChI=1S/C20H25N3O3/c1-13-14(2)22-18-11-15(9-10-17(18)21-13)20(25)26-12-19(24)23(3)16-7-5-4-6-8-16/h9-11,16H,4-8,12H2,1-3H3. The molecule has 1 amide bonds. The first-order valence-electron chi connectivity index (χ1n) is 9.13. The van der Waals surface area contributed by atoms with Crippen molar-refractivity contribution in [2.24, 2.45) is 0 Å². The summed E-state index contributed by atoms with van der Waals surface area (Å²) in [6, 6.07) is 5.33. The zero-order valence-corrected chi connectivity index (χ0v) is 15.6. The van der Waals surface area contributed by atoms with E-state index in [9.17, 15) is 9.59 Å². The summed E-state index contributed by atoms with van der Waals surface area (Å²) in [5, 5.41) is 0. The Balaban J connectivity index is 1.63. The van der Waals surface area contributed by atoms with Gasteiger partial charge < -0.3 is 9.64 Å². The van der Waals surface area contributed by atoms with E-state index in [0.29, 0.717) is 11.1 Å². The Kier molecular flexibility index (Phi) is 5.49. The number of ether oxygens (including phenoxy) is 1. The van der Waals surface area contributed by atoms with Crippen molar-refractivity contribution in [2.45, 2.75) is 52.0 Å². The quantitative estimate of drug-likeness (QED) is 0.788. The van der Waals surface area contributed by atoms with Crippen LogP contribution in [0.2, 0.25) is 0 Å². The van der Waals surface area contributed by atoms with Gasteiger partial charge >= 0.3 is 5.97 Å². The first kappa shape index (κ1) is 18.3. The van der Waals surface area contributed by atoms with Gasteiger partial charge in [-0.05, 0) is 44.9 Å². The summed E-state index contributed by atoms with van der Waals surface area (Å²) in [6.07, 6.45) is 5.59. The van der Waals surface area contributed by atoms with Crippen LogP contribution in [0.5, 0.6) is 0 Å². The molecule has 26 heavy (non-hydrogen) atoms. The van der Waals surface area contributed by atoms with Gasteiger partial charge in [0, 0.05) is 13.1 Å². The van der Waals surface area contributed by atoms with Crippen LogP contribution in [0.25, 0.3) is 11.0 Å². The van der Waals surface area contributed by atoms with Crippen molar-refractivity contribution < 1.29 is 14.3 Å². The van der Waals surface area contributed by atoms with Crippen LogP contribution in [0.15, 0.2) is 18.2 Å². The number of fused-ring (bicyclic) bond motifs is 1. The molecule has 0 radical (unpaired) electrons. The minimum Gasteiger partial charge on any atom is -0.452 e. The fraction of sp³-hybridized carbons (Fsp3) is 0.500. The lowest BCUT2D eigenvalue weighted by molar-refractivity contribution is -0.135. The third kappa shape index (κ3) is 4.00. The lowest BCUT2D eigenvalue weighted by Gasteiger charge is -2.31. The van der Waals surface area contributed by atoms with Crippen molar-refractivity contribution in [3.8, 4) is 0 Å². The summed E-state index contributed by atoms with van der Waals surface area (Å²) in [4.78, 5) is 35.2. The number of hydrogen-bond donors (Lipinski definition) is 0. The topological polar surface area (TPSA) is 72.4 Å². The molecule has 0 atom stereocenters. The Morgan fingerprint density at radius 1 is 1.08 bits per heavy atom. The van der Waals surface area contributed by atoms with Crippen LogP contribution >= 0.6 is 0 Å². The maximum atomic E-state index is 12.3. The Hall–Kier alpha value is -2.50. The molecule has 1 saturated carbocycles. The Labute approximate surface area is 153 Å². The molecule has 138 valence electrons. The van der Waals surface area contributed by atoms with E-state index in [4.69, 9.17) is 4.74 Å². The molecule has 0 unspecified atom stereocenters. The molecule has 0 spiro atoms. The molecule has 6 nitrogen and oxygen atoms in total. The molecule has 0 aliphatic heterocycles. The van der Waals surface area contributed by atoms with Crippen LogP contribution in [0.1, 0.15) is 53.8 Å². The molecule has 3 rings (SSSR count). The number of carbonyl (C=O) groups is 2. The van der Waals surface area contributed by atoms with Crippen molar-refractivity contribution in [1.82, 2.24) is 14.9 Å². The monoisotopic (exact) mass is 355 g/mol. The molecule has 1 aromatic heterocycles. The van der Waals surface area contributed by atoms with Gasteiger partial charge in [-0.25, -0.2) is 14.8 Å². The number of carbonyl (C=O) groups excluding carboxylic acids is 2. The largest absolute Gasteiger partial charge is 0.452 e. The van der Waals surface area contributed by atoms with Gasteiger partial charge in [-0.2, -0.15) is 0 Å². The van der Waals surface area contributed by atoms with Gasteiger partial charge in [0.2, 0.25) is 0 Å². The number of hydrogen-bond acceptors (Lipinski definition) is 5. The molecule has 2 aromatic rings. The SMILES string of the molecule is Cc1nc2ccc(C(=O)OCC(=O)N(C)C3CCCCC3)cc2nc1C. The second kappa shape index (κ2) is 7.81. The maximum Gasteiger partial charge on any atom is 0.338 e. The van der Waals surface area contributed by atoms with E-state index in [1.807, 2.05) is 13.8 Å². The van der Waals surface area contributed by atoms with Gasteiger partial charge in [-0.1, -0.05) is 19.3 Å². The van der Waals surface area contributed by atoms with Crippen molar-refractivity contribution >= 4 is 22.9 Å². The van der Waals surface area contributed by atoms with Crippen LogP contribution in [0, 0.1) is 13.8 Å². The normalized spacial score (nSPS) is 15.0. The molecule has 1 heterocycles. The lowest BCUT2D eigenvalue weighted by atomic mass is 9.94. The minimum absolute atomic E-state index is 0.155. The fourth-order valence-corrected chi connectivity index (χ4v) is 3.34. The molecule has 1 aliphatic carbocycles. The van der Waals surface area contributed by atoms with E-state index in [1.54, 1.807) is 30.1 Å². The van der Waals surface area contributed by atoms with E-state index in [-0.39, 0.29) is 18.6 Å². The molecule has 1 aromatic carbocycles. The maximum absolute atomic E-state index is 12.3. The second-order valence-corrected chi connectivity index (χ2v) is 6.97. The highest BCUT2D eigenvalue weighted by Gasteiger charge is 2.23. The van der Waals surface area contributed by atoms with E-state index in [1.165, 1.54) is 6.42 Å². The smallest absolute Gasteiger partial charge is 0.338 e. The van der Waals surface area contributed by atoms with E-state index >= 15 is 0 Å². The Bertz CT molecular complexity index is 828. The molecular formula is C20H25N3O3. The van der Waals surface area contributed by atoms with Gasteiger partial charge in [-0.15, -0.1) is 0 Å². The molecule has 1 aliphatic rings. The molecule has 1 fully saturated rings. The predicted molar refractivity (Wildman–Crippen MR) is 98.9 cm³/mol. The van der Waals surface area contributed by atoms with E-state index in [0.717, 1.165) is 42.6 Å². The third-order valence-electron chi connectivity index (χ3n) is 5.15. The van der Waals surface area contributed by atoms with Crippen LogP contribution < -0.4 is 0 Å². The summed E-state index contributed by atoms with van der Waals surface area (Å²) in [5.41, 5.74) is 3.45. The number of aryl methyl sites for hydroxylation is 2. The van der Waals surface area contributed by atoms with Gasteiger partial charge in [0.1, 0.15) is 0 Å². The summed E-state index contributed by atoms with van der Waals surface area (Å²) in [5.74, 6) is -0.672. The summed E-state index contributed by atoms with van der Waals surface area (Å²) in [7, 11) is 1.79. The van der Waals surface area contributed by atoms with Gasteiger partial charge in [0.15, 0.2) is 6.61 Å². The van der Waals surface area contributed by atoms with Crippen LogP contribution in [0.3, 0.4) is 0 Å². The highest BCUT2D eigenvalue weighted by Crippen LogP contribution is 2.21. The molecular weight excluding hydrogens is 330 g/mol. The summed E-state index contributed by atoms with van der Waals surface area (Å²) < 4.78 is 5.23. The van der Waals surface area contributed by atoms with Crippen LogP contribution in [-0.2, 0) is 9.53 Å². The van der Waals surface area contributed by atoms with Gasteiger partial charge in [-0.3, -0.25) is 4.79 Å². The van der Waals surface area contributed by atoms with Gasteiger partial charge in [0.25, 0.3) is 5.91 Å². The first-order valence-corrected chi connectivity index (χ1v) is 9.13. The highest BCUT2D eigenvalue weighted by molar-refractivity contribution is 5.94. The number of aromatic nitrogens is 2. The van der Waals surface area contributed by atoms with E-state index in [2.05, 4.69) is 9.97 Å². The summed E-state index contributed by atoms with van der Waals surface area (Å²) >= 11 is 0. The minimum atomic E-state index is -0.516. The van der Waals surface area contributed by atoms with Crippen LogP contribution in [0.4, 0.5) is 0 Å². The van der Waals surface area contributed by atoms with Crippen LogP contribution in [-0.4, -0.2) is 46.4 Å². The van der Waals surface area contributed by atoms with Crippen molar-refractivity contribution in [1.29, 1.82) is 0 Å². The van der Waals surface area contributed by atoms with Crippen molar-refractivity contribution in [3.63, 3.8) is 0 Å². The molecule has 0 bridgehead atoms. The molecule has 0 N–H and O–H groups in total. The number of rotatable bonds is 4. The number of likely N-dealkylation sites (N-methyl/N-ethyl adjacent to an activating group) is 1.